The fourth-order valence-electron chi connectivity index (χ4n) is 4.69. The highest BCUT2D eigenvalue weighted by molar-refractivity contribution is 5.95. The van der Waals surface area contributed by atoms with E-state index in [-0.39, 0.29) is 30.2 Å². The standard InChI is InChI=1S/C24H28F3N3O3/c1-22(33,24(25,26)27)17-5-3-16(4-6-17)20(32)30(18-7-8-18)19-9-11-23(15-31,12-10-19)21-28-13-2-14-29-21/h2-6,13-14,18-19,31,33H,7-12,15H2,1H3/t19-,22-,23-/m0/s1. The van der Waals surface area contributed by atoms with E-state index >= 15 is 0 Å². The van der Waals surface area contributed by atoms with E-state index in [1.165, 1.54) is 12.1 Å². The van der Waals surface area contributed by atoms with E-state index in [0.29, 0.717) is 44.0 Å². The molecule has 1 atom stereocenters. The smallest absolute Gasteiger partial charge is 0.395 e. The summed E-state index contributed by atoms with van der Waals surface area (Å²) >= 11 is 0. The summed E-state index contributed by atoms with van der Waals surface area (Å²) in [6, 6.07) is 6.86. The Balaban J connectivity index is 1.50. The van der Waals surface area contributed by atoms with E-state index in [2.05, 4.69) is 9.97 Å². The Morgan fingerprint density at radius 1 is 1.06 bits per heavy atom. The maximum atomic E-state index is 13.4. The Morgan fingerprint density at radius 3 is 2.09 bits per heavy atom. The zero-order chi connectivity index (χ0) is 23.9. The first-order valence-electron chi connectivity index (χ1n) is 11.2. The molecule has 0 radical (unpaired) electrons. The van der Waals surface area contributed by atoms with Crippen molar-refractivity contribution < 1.29 is 28.2 Å². The van der Waals surface area contributed by atoms with Gasteiger partial charge in [-0.2, -0.15) is 13.2 Å². The third kappa shape index (κ3) is 4.48. The predicted molar refractivity (Wildman–Crippen MR) is 114 cm³/mol. The second-order valence-corrected chi connectivity index (χ2v) is 9.33. The first kappa shape index (κ1) is 23.6. The molecular weight excluding hydrogens is 435 g/mol. The number of amides is 1. The van der Waals surface area contributed by atoms with Crippen molar-refractivity contribution in [3.63, 3.8) is 0 Å². The lowest BCUT2D eigenvalue weighted by Gasteiger charge is -2.42. The molecule has 1 heterocycles. The maximum Gasteiger partial charge on any atom is 0.421 e. The molecule has 2 aliphatic rings. The van der Waals surface area contributed by atoms with Crippen molar-refractivity contribution in [2.45, 2.75) is 74.7 Å². The number of aliphatic hydroxyl groups is 2. The number of carbonyl (C=O) groups is 1. The molecule has 2 aliphatic carbocycles. The van der Waals surface area contributed by atoms with Gasteiger partial charge in [-0.25, -0.2) is 9.97 Å². The minimum absolute atomic E-state index is 0.0219. The van der Waals surface area contributed by atoms with Crippen LogP contribution in [0, 0.1) is 0 Å². The molecule has 2 fully saturated rings. The highest BCUT2D eigenvalue weighted by atomic mass is 19.4. The fourth-order valence-corrected chi connectivity index (χ4v) is 4.69. The summed E-state index contributed by atoms with van der Waals surface area (Å²) in [5.74, 6) is 0.399. The fraction of sp³-hybridized carbons (Fsp3) is 0.542. The van der Waals surface area contributed by atoms with Crippen LogP contribution in [0.1, 0.15) is 67.2 Å². The number of hydrogen-bond donors (Lipinski definition) is 2. The molecular formula is C24H28F3N3O3. The van der Waals surface area contributed by atoms with Gasteiger partial charge in [-0.3, -0.25) is 4.79 Å². The number of rotatable bonds is 6. The number of alkyl halides is 3. The van der Waals surface area contributed by atoms with Crippen molar-refractivity contribution in [2.24, 2.45) is 0 Å². The van der Waals surface area contributed by atoms with E-state index in [9.17, 15) is 28.2 Å². The third-order valence-corrected chi connectivity index (χ3v) is 7.07. The van der Waals surface area contributed by atoms with Crippen LogP contribution >= 0.6 is 0 Å². The summed E-state index contributed by atoms with van der Waals surface area (Å²) < 4.78 is 39.4. The van der Waals surface area contributed by atoms with Crippen LogP contribution in [-0.2, 0) is 11.0 Å². The van der Waals surface area contributed by atoms with Gasteiger partial charge in [-0.15, -0.1) is 0 Å². The Kier molecular flexibility index (Phi) is 6.22. The minimum Gasteiger partial charge on any atom is -0.395 e. The van der Waals surface area contributed by atoms with E-state index in [4.69, 9.17) is 0 Å². The summed E-state index contributed by atoms with van der Waals surface area (Å²) in [5, 5.41) is 20.0. The van der Waals surface area contributed by atoms with Gasteiger partial charge in [0.05, 0.1) is 12.0 Å². The van der Waals surface area contributed by atoms with Gasteiger partial charge >= 0.3 is 6.18 Å². The van der Waals surface area contributed by atoms with E-state index in [1.54, 1.807) is 18.5 Å². The predicted octanol–water partition coefficient (Wildman–Crippen LogP) is 3.72. The Morgan fingerprint density at radius 2 is 1.61 bits per heavy atom. The van der Waals surface area contributed by atoms with Crippen LogP contribution in [0.5, 0.6) is 0 Å². The van der Waals surface area contributed by atoms with Gasteiger partial charge in [-0.05, 0) is 69.2 Å². The molecule has 0 spiro atoms. The van der Waals surface area contributed by atoms with Crippen LogP contribution in [-0.4, -0.2) is 55.9 Å². The molecule has 9 heteroatoms. The Hall–Kier alpha value is -2.52. The van der Waals surface area contributed by atoms with Crippen molar-refractivity contribution in [3.05, 3.63) is 59.7 Å². The summed E-state index contributed by atoms with van der Waals surface area (Å²) in [4.78, 5) is 23.9. The average Bonchev–Trinajstić information content (AvgIpc) is 3.65. The maximum absolute atomic E-state index is 13.4. The van der Waals surface area contributed by atoms with Gasteiger partial charge in [-0.1, -0.05) is 12.1 Å². The van der Waals surface area contributed by atoms with Crippen molar-refractivity contribution in [3.8, 4) is 0 Å². The zero-order valence-corrected chi connectivity index (χ0v) is 18.4. The lowest BCUT2D eigenvalue weighted by atomic mass is 9.72. The summed E-state index contributed by atoms with van der Waals surface area (Å²) in [6.45, 7) is 0.633. The van der Waals surface area contributed by atoms with Crippen LogP contribution in [0.15, 0.2) is 42.7 Å². The van der Waals surface area contributed by atoms with Crippen LogP contribution < -0.4 is 0 Å². The second kappa shape index (κ2) is 8.68. The number of aromatic nitrogens is 2. The quantitative estimate of drug-likeness (QED) is 0.682. The minimum atomic E-state index is -4.82. The molecule has 2 N–H and O–H groups in total. The zero-order valence-electron chi connectivity index (χ0n) is 18.4. The molecule has 33 heavy (non-hydrogen) atoms. The third-order valence-electron chi connectivity index (χ3n) is 7.07. The van der Waals surface area contributed by atoms with Crippen molar-refractivity contribution >= 4 is 5.91 Å². The molecule has 4 rings (SSSR count). The molecule has 6 nitrogen and oxygen atoms in total. The topological polar surface area (TPSA) is 86.5 Å². The molecule has 0 bridgehead atoms. The first-order valence-corrected chi connectivity index (χ1v) is 11.2. The number of carbonyl (C=O) groups excluding carboxylic acids is 1. The molecule has 2 aromatic rings. The molecule has 178 valence electrons. The van der Waals surface area contributed by atoms with Gasteiger partial charge in [0.2, 0.25) is 0 Å². The van der Waals surface area contributed by atoms with Gasteiger partial charge in [0, 0.05) is 30.0 Å². The van der Waals surface area contributed by atoms with E-state index < -0.39 is 17.2 Å². The summed E-state index contributed by atoms with van der Waals surface area (Å²) in [5.41, 5.74) is -3.52. The molecule has 0 saturated heterocycles. The van der Waals surface area contributed by atoms with Crippen LogP contribution in [0.4, 0.5) is 13.2 Å². The van der Waals surface area contributed by atoms with Crippen LogP contribution in [0.2, 0.25) is 0 Å². The molecule has 1 amide bonds. The molecule has 1 aromatic carbocycles. The van der Waals surface area contributed by atoms with Crippen molar-refractivity contribution in [2.75, 3.05) is 6.61 Å². The van der Waals surface area contributed by atoms with Gasteiger partial charge < -0.3 is 15.1 Å². The lowest BCUT2D eigenvalue weighted by molar-refractivity contribution is -0.258. The van der Waals surface area contributed by atoms with Crippen LogP contribution in [0.3, 0.4) is 0 Å². The number of aliphatic hydroxyl groups excluding tert-OH is 1. The van der Waals surface area contributed by atoms with Crippen LogP contribution in [0.25, 0.3) is 0 Å². The lowest BCUT2D eigenvalue weighted by Crippen LogP contribution is -2.48. The molecule has 0 unspecified atom stereocenters. The number of nitrogens with zero attached hydrogens (tertiary/aromatic N) is 3. The van der Waals surface area contributed by atoms with Crippen molar-refractivity contribution in [1.82, 2.24) is 14.9 Å². The Bertz CT molecular complexity index is 968. The number of hydrogen-bond acceptors (Lipinski definition) is 5. The number of halogens is 3. The highest BCUT2D eigenvalue weighted by Crippen LogP contribution is 2.42. The molecule has 1 aromatic heterocycles. The first-order chi connectivity index (χ1) is 15.6. The van der Waals surface area contributed by atoms with E-state index in [0.717, 1.165) is 25.0 Å². The van der Waals surface area contributed by atoms with Crippen molar-refractivity contribution in [1.29, 1.82) is 0 Å². The Labute approximate surface area is 190 Å². The van der Waals surface area contributed by atoms with Gasteiger partial charge in [0.25, 0.3) is 5.91 Å². The second-order valence-electron chi connectivity index (χ2n) is 9.33. The molecule has 0 aliphatic heterocycles. The highest BCUT2D eigenvalue weighted by Gasteiger charge is 2.51. The monoisotopic (exact) mass is 463 g/mol. The molecule has 2 saturated carbocycles. The van der Waals surface area contributed by atoms with Gasteiger partial charge in [0.15, 0.2) is 5.60 Å². The average molecular weight is 464 g/mol. The van der Waals surface area contributed by atoms with E-state index in [1.807, 2.05) is 4.90 Å². The normalized spacial score (nSPS) is 25.3. The largest absolute Gasteiger partial charge is 0.421 e. The van der Waals surface area contributed by atoms with Gasteiger partial charge in [0.1, 0.15) is 5.82 Å². The SMILES string of the molecule is C[C@](O)(c1ccc(C(=O)N(C2CC2)[C@H]2CC[C@](CO)(c3ncccn3)CC2)cc1)C(F)(F)F. The number of benzene rings is 1. The summed E-state index contributed by atoms with van der Waals surface area (Å²) in [6.07, 6.45) is 2.94. The summed E-state index contributed by atoms with van der Waals surface area (Å²) in [7, 11) is 0.